The number of hydrazone groups is 1. The monoisotopic (exact) mass is 372 g/mol. The van der Waals surface area contributed by atoms with E-state index in [-0.39, 0.29) is 35.5 Å². The lowest BCUT2D eigenvalue weighted by Crippen LogP contribution is -2.38. The van der Waals surface area contributed by atoms with Gasteiger partial charge in [0.1, 0.15) is 0 Å². The zero-order valence-electron chi connectivity index (χ0n) is 12.8. The molecule has 1 heterocycles. The highest BCUT2D eigenvalue weighted by molar-refractivity contribution is 9.10. The van der Waals surface area contributed by atoms with E-state index < -0.39 is 0 Å². The fraction of sp³-hybridized carbons (Fsp3) is 0.389. The van der Waals surface area contributed by atoms with Crippen molar-refractivity contribution in [2.24, 2.45) is 28.8 Å². The van der Waals surface area contributed by atoms with Crippen LogP contribution in [0.15, 0.2) is 39.9 Å². The molecule has 1 aliphatic heterocycles. The van der Waals surface area contributed by atoms with E-state index in [0.29, 0.717) is 0 Å². The summed E-state index contributed by atoms with van der Waals surface area (Å²) in [6, 6.07) is 5.83. The summed E-state index contributed by atoms with van der Waals surface area (Å²) < 4.78 is 0.983. The molecule has 0 aromatic heterocycles. The molecule has 2 fully saturated rings. The molecule has 1 aromatic carbocycles. The van der Waals surface area contributed by atoms with Crippen LogP contribution in [0.25, 0.3) is 0 Å². The number of rotatable bonds is 2. The molecule has 5 heteroatoms. The number of imide groups is 1. The Kier molecular flexibility index (Phi) is 3.48. The van der Waals surface area contributed by atoms with Gasteiger partial charge in [0.2, 0.25) is 0 Å². The number of benzene rings is 1. The summed E-state index contributed by atoms with van der Waals surface area (Å²) in [4.78, 5) is 25.3. The number of carbonyl (C=O) groups excluding carboxylic acids is 2. The molecule has 0 spiro atoms. The van der Waals surface area contributed by atoms with Crippen LogP contribution in [0.1, 0.15) is 24.0 Å². The van der Waals surface area contributed by atoms with Gasteiger partial charge in [0.05, 0.1) is 18.1 Å². The molecule has 0 N–H and O–H groups in total. The maximum atomic E-state index is 12.6. The number of allylic oxidation sites excluding steroid dienone is 2. The van der Waals surface area contributed by atoms with Crippen molar-refractivity contribution in [3.63, 3.8) is 0 Å². The average molecular weight is 373 g/mol. The molecule has 3 aliphatic carbocycles. The van der Waals surface area contributed by atoms with Crippen molar-refractivity contribution >= 4 is 34.0 Å². The van der Waals surface area contributed by atoms with Crippen molar-refractivity contribution in [1.82, 2.24) is 5.01 Å². The Morgan fingerprint density at radius 3 is 2.26 bits per heavy atom. The van der Waals surface area contributed by atoms with Crippen molar-refractivity contribution < 1.29 is 9.59 Å². The summed E-state index contributed by atoms with van der Waals surface area (Å²) in [5.74, 6) is -0.269. The first-order chi connectivity index (χ1) is 11.1. The van der Waals surface area contributed by atoms with Gasteiger partial charge in [0.25, 0.3) is 11.8 Å². The minimum absolute atomic E-state index is 0.138. The van der Waals surface area contributed by atoms with Gasteiger partial charge in [-0.3, -0.25) is 9.59 Å². The van der Waals surface area contributed by atoms with E-state index >= 15 is 0 Å². The van der Waals surface area contributed by atoms with Gasteiger partial charge in [-0.15, -0.1) is 0 Å². The van der Waals surface area contributed by atoms with Gasteiger partial charge in [0.15, 0.2) is 0 Å². The lowest BCUT2D eigenvalue weighted by atomic mass is 9.63. The van der Waals surface area contributed by atoms with Crippen molar-refractivity contribution in [1.29, 1.82) is 0 Å². The molecule has 2 amide bonds. The third-order valence-electron chi connectivity index (χ3n) is 5.25. The fourth-order valence-electron chi connectivity index (χ4n) is 3.99. The van der Waals surface area contributed by atoms with Gasteiger partial charge >= 0.3 is 0 Å². The maximum absolute atomic E-state index is 12.6. The zero-order valence-corrected chi connectivity index (χ0v) is 14.4. The van der Waals surface area contributed by atoms with Crippen LogP contribution in [0, 0.1) is 30.6 Å². The fourth-order valence-corrected chi connectivity index (χ4v) is 4.38. The summed E-state index contributed by atoms with van der Waals surface area (Å²) in [5, 5.41) is 5.31. The number of halogens is 1. The minimum atomic E-state index is -0.201. The van der Waals surface area contributed by atoms with Crippen LogP contribution >= 0.6 is 15.9 Å². The van der Waals surface area contributed by atoms with Gasteiger partial charge in [-0.05, 0) is 48.8 Å². The van der Waals surface area contributed by atoms with E-state index in [1.165, 1.54) is 0 Å². The van der Waals surface area contributed by atoms with E-state index in [4.69, 9.17) is 0 Å². The van der Waals surface area contributed by atoms with Crippen LogP contribution in [0.4, 0.5) is 0 Å². The molecule has 4 nitrogen and oxygen atoms in total. The molecule has 4 atom stereocenters. The molecule has 23 heavy (non-hydrogen) atoms. The van der Waals surface area contributed by atoms with Crippen LogP contribution in [-0.2, 0) is 9.59 Å². The van der Waals surface area contributed by atoms with E-state index in [9.17, 15) is 9.59 Å². The number of fused-ring (bicyclic) bond motifs is 1. The van der Waals surface area contributed by atoms with E-state index in [0.717, 1.165) is 33.5 Å². The summed E-state index contributed by atoms with van der Waals surface area (Å²) in [6.45, 7) is 2.01. The van der Waals surface area contributed by atoms with Crippen LogP contribution in [0.2, 0.25) is 0 Å². The van der Waals surface area contributed by atoms with Gasteiger partial charge in [-0.25, -0.2) is 0 Å². The molecule has 4 unspecified atom stereocenters. The normalized spacial score (nSPS) is 32.2. The first kappa shape index (κ1) is 14.8. The number of hydrogen-bond donors (Lipinski definition) is 0. The second-order valence-corrected chi connectivity index (χ2v) is 7.44. The Balaban J connectivity index is 1.60. The number of amides is 2. The molecular formula is C18H17BrN2O2. The van der Waals surface area contributed by atoms with Crippen molar-refractivity contribution in [2.75, 3.05) is 0 Å². The van der Waals surface area contributed by atoms with Gasteiger partial charge in [-0.2, -0.15) is 10.1 Å². The van der Waals surface area contributed by atoms with Crippen LogP contribution in [-0.4, -0.2) is 23.0 Å². The molecule has 5 rings (SSSR count). The van der Waals surface area contributed by atoms with Crippen LogP contribution < -0.4 is 0 Å². The van der Waals surface area contributed by atoms with Gasteiger partial charge in [-0.1, -0.05) is 40.2 Å². The topological polar surface area (TPSA) is 49.7 Å². The second kappa shape index (κ2) is 5.41. The Hall–Kier alpha value is -1.75. The molecule has 0 radical (unpaired) electrons. The molecule has 4 aliphatic rings. The van der Waals surface area contributed by atoms with Crippen LogP contribution in [0.3, 0.4) is 0 Å². The van der Waals surface area contributed by atoms with E-state index in [1.54, 1.807) is 6.21 Å². The Morgan fingerprint density at radius 1 is 1.13 bits per heavy atom. The molecular weight excluding hydrogens is 356 g/mol. The molecule has 2 bridgehead atoms. The third kappa shape index (κ3) is 2.29. The predicted octanol–water partition coefficient (Wildman–Crippen LogP) is 3.29. The third-order valence-corrected chi connectivity index (χ3v) is 6.11. The average Bonchev–Trinajstić information content (AvgIpc) is 2.83. The van der Waals surface area contributed by atoms with Crippen LogP contribution in [0.5, 0.6) is 0 Å². The summed E-state index contributed by atoms with van der Waals surface area (Å²) in [6.07, 6.45) is 7.83. The number of hydrogen-bond acceptors (Lipinski definition) is 3. The highest BCUT2D eigenvalue weighted by Crippen LogP contribution is 2.49. The van der Waals surface area contributed by atoms with E-state index in [1.807, 2.05) is 25.1 Å². The number of aryl methyl sites for hydroxylation is 1. The van der Waals surface area contributed by atoms with Gasteiger partial charge in [0, 0.05) is 4.47 Å². The first-order valence-corrected chi connectivity index (χ1v) is 8.72. The predicted molar refractivity (Wildman–Crippen MR) is 90.7 cm³/mol. The zero-order chi connectivity index (χ0) is 16.1. The summed E-state index contributed by atoms with van der Waals surface area (Å²) >= 11 is 3.48. The molecule has 1 saturated carbocycles. The standard InChI is InChI=1S/C18H17BrN2O2/c1-10-2-3-11(8-14(10)19)9-20-21-17(22)15-12-4-5-13(7-6-12)16(15)18(21)23/h2-5,8-9,12-13,15-16H,6-7H2,1H3. The van der Waals surface area contributed by atoms with Crippen molar-refractivity contribution in [2.45, 2.75) is 19.8 Å². The smallest absolute Gasteiger partial charge is 0.254 e. The summed E-state index contributed by atoms with van der Waals surface area (Å²) in [7, 11) is 0. The second-order valence-electron chi connectivity index (χ2n) is 6.58. The van der Waals surface area contributed by atoms with Crippen molar-refractivity contribution in [3.8, 4) is 0 Å². The highest BCUT2D eigenvalue weighted by Gasteiger charge is 2.56. The number of nitrogens with zero attached hydrogens (tertiary/aromatic N) is 2. The lowest BCUT2D eigenvalue weighted by Gasteiger charge is -2.37. The Bertz CT molecular complexity index is 723. The number of carbonyl (C=O) groups is 2. The Morgan fingerprint density at radius 2 is 1.74 bits per heavy atom. The SMILES string of the molecule is Cc1ccc(C=NN2C(=O)C3C4C=CC(CC4)C3C2=O)cc1Br. The quantitative estimate of drug-likeness (QED) is 0.454. The Labute approximate surface area is 143 Å². The minimum Gasteiger partial charge on any atom is -0.272 e. The van der Waals surface area contributed by atoms with E-state index in [2.05, 4.69) is 33.2 Å². The van der Waals surface area contributed by atoms with Crippen molar-refractivity contribution in [3.05, 3.63) is 46.0 Å². The largest absolute Gasteiger partial charge is 0.272 e. The lowest BCUT2D eigenvalue weighted by molar-refractivity contribution is -0.140. The molecule has 1 saturated heterocycles. The molecule has 118 valence electrons. The molecule has 1 aromatic rings. The highest BCUT2D eigenvalue weighted by atomic mass is 79.9. The summed E-state index contributed by atoms with van der Waals surface area (Å²) in [5.41, 5.74) is 1.99. The maximum Gasteiger partial charge on any atom is 0.254 e. The van der Waals surface area contributed by atoms with Gasteiger partial charge < -0.3 is 0 Å². The first-order valence-electron chi connectivity index (χ1n) is 7.92.